The van der Waals surface area contributed by atoms with Crippen molar-refractivity contribution in [2.24, 2.45) is 5.92 Å². The fourth-order valence-corrected chi connectivity index (χ4v) is 4.12. The van der Waals surface area contributed by atoms with E-state index < -0.39 is 0 Å². The molecule has 7 heteroatoms. The smallest absolute Gasteiger partial charge is 0.227 e. The molecule has 2 aliphatic rings. The first kappa shape index (κ1) is 19.0. The third-order valence-electron chi connectivity index (χ3n) is 5.63. The Kier molecular flexibility index (Phi) is 5.95. The number of nitrogens with zero attached hydrogens (tertiary/aromatic N) is 4. The van der Waals surface area contributed by atoms with E-state index in [9.17, 15) is 4.79 Å². The van der Waals surface area contributed by atoms with Crippen LogP contribution in [0.15, 0.2) is 36.7 Å². The van der Waals surface area contributed by atoms with Crippen LogP contribution in [0.5, 0.6) is 0 Å². The number of hydrogen-bond donors (Lipinski definition) is 1. The van der Waals surface area contributed by atoms with Crippen LogP contribution in [0.2, 0.25) is 5.02 Å². The lowest BCUT2D eigenvalue weighted by molar-refractivity contribution is -0.120. The quantitative estimate of drug-likeness (QED) is 0.842. The molecule has 0 atom stereocenters. The maximum Gasteiger partial charge on any atom is 0.227 e. The van der Waals surface area contributed by atoms with Gasteiger partial charge in [0.1, 0.15) is 0 Å². The van der Waals surface area contributed by atoms with Crippen molar-refractivity contribution in [1.82, 2.24) is 9.97 Å². The Morgan fingerprint density at radius 3 is 2.32 bits per heavy atom. The van der Waals surface area contributed by atoms with Gasteiger partial charge in [0, 0.05) is 32.1 Å². The number of carbonyl (C=O) groups excluding carboxylic acids is 1. The summed E-state index contributed by atoms with van der Waals surface area (Å²) >= 11 is 6.14. The number of hydrogen-bond acceptors (Lipinski definition) is 5. The zero-order valence-electron chi connectivity index (χ0n) is 16.0. The Balaban J connectivity index is 1.31. The van der Waals surface area contributed by atoms with Gasteiger partial charge in [-0.2, -0.15) is 0 Å². The Bertz CT molecular complexity index is 799. The van der Waals surface area contributed by atoms with Crippen LogP contribution in [0, 0.1) is 5.92 Å². The van der Waals surface area contributed by atoms with Gasteiger partial charge in [0.05, 0.1) is 28.8 Å². The normalized spacial score (nSPS) is 18.2. The second-order valence-electron chi connectivity index (χ2n) is 7.52. The number of benzene rings is 1. The van der Waals surface area contributed by atoms with E-state index in [1.807, 2.05) is 30.6 Å². The summed E-state index contributed by atoms with van der Waals surface area (Å²) in [5.74, 6) is 0.878. The Morgan fingerprint density at radius 2 is 1.64 bits per heavy atom. The second kappa shape index (κ2) is 8.78. The van der Waals surface area contributed by atoms with Crippen LogP contribution in [0.25, 0.3) is 0 Å². The van der Waals surface area contributed by atoms with Gasteiger partial charge in [0.25, 0.3) is 0 Å². The van der Waals surface area contributed by atoms with Crippen LogP contribution in [0.3, 0.4) is 0 Å². The number of anilines is 3. The largest absolute Gasteiger partial charge is 0.369 e. The van der Waals surface area contributed by atoms with Gasteiger partial charge >= 0.3 is 0 Å². The molecule has 0 spiro atoms. The van der Waals surface area contributed by atoms with Gasteiger partial charge < -0.3 is 15.1 Å². The molecule has 1 N–H and O–H groups in total. The molecule has 1 aromatic heterocycles. The number of halogens is 1. The van der Waals surface area contributed by atoms with E-state index >= 15 is 0 Å². The fourth-order valence-electron chi connectivity index (χ4n) is 3.93. The van der Waals surface area contributed by atoms with E-state index in [-0.39, 0.29) is 11.8 Å². The van der Waals surface area contributed by atoms with Crippen LogP contribution in [-0.4, -0.2) is 42.1 Å². The molecule has 0 aliphatic carbocycles. The summed E-state index contributed by atoms with van der Waals surface area (Å²) in [4.78, 5) is 26.2. The van der Waals surface area contributed by atoms with E-state index in [1.165, 1.54) is 19.3 Å². The predicted octanol–water partition coefficient (Wildman–Crippen LogP) is 3.98. The van der Waals surface area contributed by atoms with Crippen molar-refractivity contribution < 1.29 is 4.79 Å². The van der Waals surface area contributed by atoms with Crippen LogP contribution in [0.4, 0.5) is 17.3 Å². The van der Waals surface area contributed by atoms with Crippen molar-refractivity contribution in [3.05, 3.63) is 41.7 Å². The third kappa shape index (κ3) is 4.38. The molecule has 0 radical (unpaired) electrons. The van der Waals surface area contributed by atoms with Gasteiger partial charge in [0.15, 0.2) is 0 Å². The van der Waals surface area contributed by atoms with Crippen molar-refractivity contribution in [3.63, 3.8) is 0 Å². The van der Waals surface area contributed by atoms with Crippen molar-refractivity contribution in [1.29, 1.82) is 0 Å². The molecular weight excluding hydrogens is 374 g/mol. The molecule has 0 saturated carbocycles. The zero-order valence-corrected chi connectivity index (χ0v) is 16.7. The number of para-hydroxylation sites is 1. The molecule has 148 valence electrons. The van der Waals surface area contributed by atoms with Crippen LogP contribution < -0.4 is 15.1 Å². The number of aromatic nitrogens is 2. The fraction of sp³-hybridized carbons (Fsp3) is 0.476. The second-order valence-corrected chi connectivity index (χ2v) is 7.93. The molecule has 2 aliphatic heterocycles. The molecule has 2 saturated heterocycles. The maximum absolute atomic E-state index is 12.6. The molecule has 6 nitrogen and oxygen atoms in total. The van der Waals surface area contributed by atoms with E-state index in [2.05, 4.69) is 25.1 Å². The monoisotopic (exact) mass is 399 g/mol. The number of amides is 1. The summed E-state index contributed by atoms with van der Waals surface area (Å²) in [7, 11) is 0. The molecule has 3 heterocycles. The van der Waals surface area contributed by atoms with Crippen molar-refractivity contribution in [3.8, 4) is 0 Å². The summed E-state index contributed by atoms with van der Waals surface area (Å²) in [6.07, 6.45) is 9.19. The highest BCUT2D eigenvalue weighted by Gasteiger charge is 2.26. The van der Waals surface area contributed by atoms with E-state index in [4.69, 9.17) is 11.6 Å². The number of carbonyl (C=O) groups is 1. The molecule has 0 unspecified atom stereocenters. The Hall–Kier alpha value is -2.34. The average molecular weight is 400 g/mol. The first-order valence-electron chi connectivity index (χ1n) is 10.1. The average Bonchev–Trinajstić information content (AvgIpc) is 2.76. The van der Waals surface area contributed by atoms with Crippen LogP contribution in [-0.2, 0) is 4.79 Å². The highest BCUT2D eigenvalue weighted by atomic mass is 35.5. The Labute approximate surface area is 170 Å². The van der Waals surface area contributed by atoms with Crippen molar-refractivity contribution in [2.45, 2.75) is 32.1 Å². The predicted molar refractivity (Wildman–Crippen MR) is 113 cm³/mol. The maximum atomic E-state index is 12.6. The lowest BCUT2D eigenvalue weighted by Gasteiger charge is -2.33. The third-order valence-corrected chi connectivity index (χ3v) is 5.96. The summed E-state index contributed by atoms with van der Waals surface area (Å²) in [5.41, 5.74) is 1.71. The first-order valence-corrected chi connectivity index (χ1v) is 10.5. The number of piperidine rings is 2. The number of nitrogens with one attached hydrogen (secondary N) is 1. The molecule has 2 fully saturated rings. The highest BCUT2D eigenvalue weighted by molar-refractivity contribution is 6.33. The summed E-state index contributed by atoms with van der Waals surface area (Å²) in [5, 5.41) is 3.53. The molecule has 1 amide bonds. The molecule has 4 rings (SSSR count). The minimum absolute atomic E-state index is 0.000985. The summed E-state index contributed by atoms with van der Waals surface area (Å²) < 4.78 is 0. The highest BCUT2D eigenvalue weighted by Crippen LogP contribution is 2.26. The van der Waals surface area contributed by atoms with Crippen LogP contribution >= 0.6 is 11.6 Å². The lowest BCUT2D eigenvalue weighted by atomic mass is 9.95. The molecule has 1 aromatic carbocycles. The lowest BCUT2D eigenvalue weighted by Crippen LogP contribution is -2.38. The minimum atomic E-state index is 0.000985. The molecular formula is C21H26ClN5O. The minimum Gasteiger partial charge on any atom is -0.369 e. The van der Waals surface area contributed by atoms with E-state index in [0.29, 0.717) is 10.7 Å². The van der Waals surface area contributed by atoms with Crippen LogP contribution in [0.1, 0.15) is 32.1 Å². The van der Waals surface area contributed by atoms with Gasteiger partial charge in [-0.3, -0.25) is 4.79 Å². The van der Waals surface area contributed by atoms with Crippen molar-refractivity contribution in [2.75, 3.05) is 41.3 Å². The zero-order chi connectivity index (χ0) is 19.3. The SMILES string of the molecule is O=C(Nc1ccccc1Cl)C1CCN(c2cnc(N3CCCCC3)nc2)CC1. The van der Waals surface area contributed by atoms with E-state index in [1.54, 1.807) is 6.07 Å². The van der Waals surface area contributed by atoms with Gasteiger partial charge in [-0.05, 0) is 44.2 Å². The van der Waals surface area contributed by atoms with Gasteiger partial charge in [0.2, 0.25) is 11.9 Å². The summed E-state index contributed by atoms with van der Waals surface area (Å²) in [6.45, 7) is 3.75. The standard InChI is InChI=1S/C21H26ClN5O/c22-18-6-2-3-7-19(18)25-20(28)16-8-12-26(13-9-16)17-14-23-21(24-15-17)27-10-4-1-5-11-27/h2-3,6-7,14-16H,1,4-5,8-13H2,(H,25,28). The Morgan fingerprint density at radius 1 is 0.964 bits per heavy atom. The molecule has 28 heavy (non-hydrogen) atoms. The summed E-state index contributed by atoms with van der Waals surface area (Å²) in [6, 6.07) is 7.34. The van der Waals surface area contributed by atoms with E-state index in [0.717, 1.165) is 50.7 Å². The molecule has 2 aromatic rings. The van der Waals surface area contributed by atoms with Gasteiger partial charge in [-0.15, -0.1) is 0 Å². The van der Waals surface area contributed by atoms with Gasteiger partial charge in [-0.1, -0.05) is 23.7 Å². The topological polar surface area (TPSA) is 61.4 Å². The molecule has 0 bridgehead atoms. The van der Waals surface area contributed by atoms with Gasteiger partial charge in [-0.25, -0.2) is 9.97 Å². The van der Waals surface area contributed by atoms with Crippen molar-refractivity contribution >= 4 is 34.8 Å². The number of rotatable bonds is 4. The first-order chi connectivity index (χ1) is 13.7.